The lowest BCUT2D eigenvalue weighted by Crippen LogP contribution is -2.29. The summed E-state index contributed by atoms with van der Waals surface area (Å²) in [6, 6.07) is 8.09. The van der Waals surface area contributed by atoms with Crippen LogP contribution >= 0.6 is 11.6 Å². The molecule has 0 spiro atoms. The van der Waals surface area contributed by atoms with Crippen LogP contribution in [0.3, 0.4) is 0 Å². The van der Waals surface area contributed by atoms with Crippen molar-refractivity contribution in [2.75, 3.05) is 13.6 Å². The summed E-state index contributed by atoms with van der Waals surface area (Å²) < 4.78 is 0. The number of aliphatic hydroxyl groups is 1. The number of hydrogen-bond donors (Lipinski definition) is 1. The van der Waals surface area contributed by atoms with Crippen molar-refractivity contribution in [1.82, 2.24) is 4.90 Å². The lowest BCUT2D eigenvalue weighted by Gasteiger charge is -2.26. The molecular weight excluding hydrogens is 210 g/mol. The van der Waals surface area contributed by atoms with E-state index in [9.17, 15) is 5.11 Å². The van der Waals surface area contributed by atoms with Gasteiger partial charge in [-0.2, -0.15) is 0 Å². The average Bonchev–Trinajstić information content (AvgIpc) is 2.15. The average molecular weight is 228 g/mol. The number of nitrogens with zero attached hydrogens (tertiary/aromatic N) is 1. The summed E-state index contributed by atoms with van der Waals surface area (Å²) in [5, 5.41) is 10.1. The molecule has 0 bridgehead atoms. The van der Waals surface area contributed by atoms with Gasteiger partial charge in [0.25, 0.3) is 0 Å². The fourth-order valence-corrected chi connectivity index (χ4v) is 1.79. The largest absolute Gasteiger partial charge is 0.392 e. The summed E-state index contributed by atoms with van der Waals surface area (Å²) in [5.41, 5.74) is 1.17. The van der Waals surface area contributed by atoms with Gasteiger partial charge in [-0.1, -0.05) is 23.7 Å². The van der Waals surface area contributed by atoms with Crippen molar-refractivity contribution in [2.45, 2.75) is 26.0 Å². The molecule has 0 saturated heterocycles. The molecule has 0 heterocycles. The van der Waals surface area contributed by atoms with Gasteiger partial charge in [0.15, 0.2) is 0 Å². The molecule has 1 aromatic carbocycles. The molecule has 0 fully saturated rings. The Morgan fingerprint density at radius 2 is 2.07 bits per heavy atom. The van der Waals surface area contributed by atoms with Crippen molar-refractivity contribution in [3.63, 3.8) is 0 Å². The Morgan fingerprint density at radius 1 is 1.40 bits per heavy atom. The Balaban J connectivity index is 2.71. The minimum atomic E-state index is -0.309. The molecule has 0 aromatic heterocycles. The predicted octanol–water partition coefficient (Wildman–Crippen LogP) is 2.71. The molecule has 0 aliphatic heterocycles. The summed E-state index contributed by atoms with van der Waals surface area (Å²) in [4.78, 5) is 2.11. The van der Waals surface area contributed by atoms with Crippen molar-refractivity contribution in [2.24, 2.45) is 0 Å². The molecule has 1 N–H and O–H groups in total. The number of likely N-dealkylation sites (N-methyl/N-ethyl adjacent to an activating group) is 1. The van der Waals surface area contributed by atoms with Crippen LogP contribution in [0.15, 0.2) is 24.3 Å². The second kappa shape index (κ2) is 5.50. The SMILES string of the molecule is CC(c1cccc(Cl)c1)N(C)C[C@H](C)O. The fraction of sp³-hybridized carbons (Fsp3) is 0.500. The third-order valence-corrected chi connectivity index (χ3v) is 2.78. The molecule has 1 unspecified atom stereocenters. The second-order valence-electron chi connectivity index (χ2n) is 4.02. The molecule has 84 valence electrons. The highest BCUT2D eigenvalue weighted by Gasteiger charge is 2.13. The maximum Gasteiger partial charge on any atom is 0.0639 e. The molecule has 3 heteroatoms. The normalized spacial score (nSPS) is 15.3. The van der Waals surface area contributed by atoms with Gasteiger partial charge >= 0.3 is 0 Å². The first kappa shape index (κ1) is 12.5. The number of rotatable bonds is 4. The molecule has 0 aliphatic carbocycles. The van der Waals surface area contributed by atoms with Crippen LogP contribution < -0.4 is 0 Å². The molecule has 2 atom stereocenters. The van der Waals surface area contributed by atoms with E-state index in [-0.39, 0.29) is 12.1 Å². The lowest BCUT2D eigenvalue weighted by molar-refractivity contribution is 0.122. The number of benzene rings is 1. The first-order valence-corrected chi connectivity index (χ1v) is 5.52. The Labute approximate surface area is 96.5 Å². The molecule has 1 rings (SSSR count). The van der Waals surface area contributed by atoms with Crippen molar-refractivity contribution in [1.29, 1.82) is 0 Å². The van der Waals surface area contributed by atoms with Gasteiger partial charge in [-0.05, 0) is 38.6 Å². The second-order valence-corrected chi connectivity index (χ2v) is 4.46. The highest BCUT2D eigenvalue weighted by molar-refractivity contribution is 6.30. The summed E-state index contributed by atoms with van der Waals surface area (Å²) in [6.45, 7) is 4.56. The van der Waals surface area contributed by atoms with Gasteiger partial charge in [-0.15, -0.1) is 0 Å². The molecule has 15 heavy (non-hydrogen) atoms. The van der Waals surface area contributed by atoms with Crippen LogP contribution in [0.4, 0.5) is 0 Å². The van der Waals surface area contributed by atoms with Crippen LogP contribution in [0.5, 0.6) is 0 Å². The third-order valence-electron chi connectivity index (χ3n) is 2.54. The maximum atomic E-state index is 9.31. The van der Waals surface area contributed by atoms with E-state index in [4.69, 9.17) is 11.6 Å². The molecule has 1 aromatic rings. The Morgan fingerprint density at radius 3 is 2.60 bits per heavy atom. The Kier molecular flexibility index (Phi) is 4.58. The van der Waals surface area contributed by atoms with Gasteiger partial charge < -0.3 is 5.11 Å². The van der Waals surface area contributed by atoms with E-state index in [0.29, 0.717) is 6.54 Å². The molecule has 0 radical (unpaired) electrons. The van der Waals surface area contributed by atoms with Crippen molar-refractivity contribution in [3.05, 3.63) is 34.9 Å². The zero-order valence-corrected chi connectivity index (χ0v) is 10.2. The maximum absolute atomic E-state index is 9.31. The standard InChI is InChI=1S/C12H18ClNO/c1-9(15)8-14(3)10(2)11-5-4-6-12(13)7-11/h4-7,9-10,15H,8H2,1-3H3/t9-,10?/m0/s1. The quantitative estimate of drug-likeness (QED) is 0.855. The van der Waals surface area contributed by atoms with Gasteiger partial charge in [0.05, 0.1) is 6.10 Å². The van der Waals surface area contributed by atoms with Crippen LogP contribution in [0, 0.1) is 0 Å². The minimum absolute atomic E-state index is 0.262. The minimum Gasteiger partial charge on any atom is -0.392 e. The van der Waals surface area contributed by atoms with E-state index in [1.54, 1.807) is 6.92 Å². The third kappa shape index (κ3) is 3.82. The summed E-state index contributed by atoms with van der Waals surface area (Å²) in [5.74, 6) is 0. The number of hydrogen-bond acceptors (Lipinski definition) is 2. The number of halogens is 1. The van der Waals surface area contributed by atoms with Gasteiger partial charge in [0.2, 0.25) is 0 Å². The summed E-state index contributed by atoms with van der Waals surface area (Å²) in [6.07, 6.45) is -0.309. The van der Waals surface area contributed by atoms with E-state index in [1.165, 1.54) is 5.56 Å². The molecule has 0 aliphatic rings. The van der Waals surface area contributed by atoms with Gasteiger partial charge in [-0.3, -0.25) is 4.90 Å². The van der Waals surface area contributed by atoms with E-state index in [0.717, 1.165) is 5.02 Å². The first-order chi connectivity index (χ1) is 7.00. The smallest absolute Gasteiger partial charge is 0.0639 e. The highest BCUT2D eigenvalue weighted by atomic mass is 35.5. The van der Waals surface area contributed by atoms with E-state index < -0.39 is 0 Å². The Bertz CT molecular complexity index is 314. The van der Waals surface area contributed by atoms with Crippen LogP contribution in [-0.2, 0) is 0 Å². The predicted molar refractivity (Wildman–Crippen MR) is 64.2 cm³/mol. The zero-order valence-electron chi connectivity index (χ0n) is 9.44. The topological polar surface area (TPSA) is 23.5 Å². The van der Waals surface area contributed by atoms with Crippen LogP contribution in [0.2, 0.25) is 5.02 Å². The number of aliphatic hydroxyl groups excluding tert-OH is 1. The fourth-order valence-electron chi connectivity index (χ4n) is 1.60. The zero-order chi connectivity index (χ0) is 11.4. The van der Waals surface area contributed by atoms with Crippen molar-refractivity contribution < 1.29 is 5.11 Å². The Hall–Kier alpha value is -0.570. The van der Waals surface area contributed by atoms with Gasteiger partial charge in [0.1, 0.15) is 0 Å². The van der Waals surface area contributed by atoms with E-state index >= 15 is 0 Å². The van der Waals surface area contributed by atoms with Crippen molar-refractivity contribution >= 4 is 11.6 Å². The van der Waals surface area contributed by atoms with Gasteiger partial charge in [0, 0.05) is 17.6 Å². The van der Waals surface area contributed by atoms with Crippen LogP contribution in [-0.4, -0.2) is 29.7 Å². The van der Waals surface area contributed by atoms with E-state index in [1.807, 2.05) is 25.2 Å². The van der Waals surface area contributed by atoms with Gasteiger partial charge in [-0.25, -0.2) is 0 Å². The summed E-state index contributed by atoms with van der Waals surface area (Å²) >= 11 is 5.93. The molecule has 0 amide bonds. The van der Waals surface area contributed by atoms with Crippen LogP contribution in [0.25, 0.3) is 0 Å². The highest BCUT2D eigenvalue weighted by Crippen LogP contribution is 2.21. The molecular formula is C12H18ClNO. The summed E-state index contributed by atoms with van der Waals surface area (Å²) in [7, 11) is 2.00. The first-order valence-electron chi connectivity index (χ1n) is 5.14. The molecule has 0 saturated carbocycles. The van der Waals surface area contributed by atoms with Crippen molar-refractivity contribution in [3.8, 4) is 0 Å². The molecule has 2 nitrogen and oxygen atoms in total. The lowest BCUT2D eigenvalue weighted by atomic mass is 10.1. The monoisotopic (exact) mass is 227 g/mol. The van der Waals surface area contributed by atoms with Crippen LogP contribution in [0.1, 0.15) is 25.5 Å². The van der Waals surface area contributed by atoms with E-state index in [2.05, 4.69) is 17.9 Å².